The molecule has 7 nitrogen and oxygen atoms in total. The van der Waals surface area contributed by atoms with E-state index in [-0.39, 0.29) is 30.7 Å². The number of carboxylic acid groups (broad SMARTS) is 1. The highest BCUT2D eigenvalue weighted by Gasteiger charge is 2.33. The number of aromatic carboxylic acids is 1. The van der Waals surface area contributed by atoms with Crippen molar-refractivity contribution < 1.29 is 27.9 Å². The average molecular weight is 368 g/mol. The fraction of sp³-hybridized carbons (Fsp3) is 0.375. The van der Waals surface area contributed by atoms with Crippen molar-refractivity contribution in [3.63, 3.8) is 0 Å². The van der Waals surface area contributed by atoms with E-state index >= 15 is 0 Å². The van der Waals surface area contributed by atoms with Gasteiger partial charge in [-0.05, 0) is 30.5 Å². The number of alkyl halides is 3. The molecule has 1 saturated carbocycles. The first-order chi connectivity index (χ1) is 12.2. The van der Waals surface area contributed by atoms with Crippen molar-refractivity contribution >= 4 is 11.9 Å². The van der Waals surface area contributed by atoms with Gasteiger partial charge >= 0.3 is 12.1 Å². The van der Waals surface area contributed by atoms with Crippen LogP contribution in [0, 0.1) is 0 Å². The molecule has 26 heavy (non-hydrogen) atoms. The molecule has 0 bridgehead atoms. The van der Waals surface area contributed by atoms with Gasteiger partial charge in [-0.1, -0.05) is 17.3 Å². The van der Waals surface area contributed by atoms with E-state index in [1.165, 1.54) is 12.1 Å². The van der Waals surface area contributed by atoms with Gasteiger partial charge in [-0.3, -0.25) is 4.79 Å². The molecule has 1 amide bonds. The molecule has 1 fully saturated rings. The molecule has 1 aromatic heterocycles. The van der Waals surface area contributed by atoms with E-state index in [9.17, 15) is 22.8 Å². The summed E-state index contributed by atoms with van der Waals surface area (Å²) < 4.78 is 39.0. The molecule has 0 spiro atoms. The number of aromatic nitrogens is 3. The predicted molar refractivity (Wildman–Crippen MR) is 82.0 cm³/mol. The summed E-state index contributed by atoms with van der Waals surface area (Å²) in [5, 5.41) is 15.9. The van der Waals surface area contributed by atoms with Gasteiger partial charge in [0.05, 0.1) is 11.8 Å². The van der Waals surface area contributed by atoms with E-state index in [2.05, 4.69) is 10.3 Å². The summed E-state index contributed by atoms with van der Waals surface area (Å²) in [4.78, 5) is 24.9. The first-order valence-electron chi connectivity index (χ1n) is 7.83. The van der Waals surface area contributed by atoms with Gasteiger partial charge in [0.2, 0.25) is 5.91 Å². The number of hydrogen-bond acceptors (Lipinski definition) is 4. The molecule has 0 radical (unpaired) electrons. The Kier molecular flexibility index (Phi) is 4.66. The lowest BCUT2D eigenvalue weighted by molar-refractivity contribution is -0.137. The van der Waals surface area contributed by atoms with E-state index in [0.29, 0.717) is 5.56 Å². The highest BCUT2D eigenvalue weighted by molar-refractivity contribution is 5.84. The fourth-order valence-corrected chi connectivity index (χ4v) is 2.51. The maximum absolute atomic E-state index is 12.6. The molecule has 0 aliphatic heterocycles. The topological polar surface area (TPSA) is 88.3 Å². The minimum Gasteiger partial charge on any atom is -0.476 e. The van der Waals surface area contributed by atoms with Crippen LogP contribution in [0.15, 0.2) is 30.5 Å². The van der Waals surface area contributed by atoms with E-state index < -0.39 is 17.7 Å². The normalized spacial score (nSPS) is 14.3. The van der Waals surface area contributed by atoms with Crippen LogP contribution in [0.1, 0.15) is 34.5 Å². The molecule has 0 atom stereocenters. The molecule has 10 heteroatoms. The molecule has 1 N–H and O–H groups in total. The summed E-state index contributed by atoms with van der Waals surface area (Å²) in [6.07, 6.45) is -1.60. The van der Waals surface area contributed by atoms with Crippen LogP contribution >= 0.6 is 0 Å². The Bertz CT molecular complexity index is 813. The van der Waals surface area contributed by atoms with Crippen LogP contribution in [-0.2, 0) is 24.1 Å². The monoisotopic (exact) mass is 368 g/mol. The Balaban J connectivity index is 1.68. The van der Waals surface area contributed by atoms with Crippen LogP contribution in [0.5, 0.6) is 0 Å². The van der Waals surface area contributed by atoms with Gasteiger partial charge in [-0.2, -0.15) is 13.2 Å². The molecule has 1 aromatic carbocycles. The molecule has 1 aliphatic rings. The molecule has 1 heterocycles. The number of hydrogen-bond donors (Lipinski definition) is 1. The largest absolute Gasteiger partial charge is 0.476 e. The van der Waals surface area contributed by atoms with E-state index in [4.69, 9.17) is 5.11 Å². The quantitative estimate of drug-likeness (QED) is 0.844. The van der Waals surface area contributed by atoms with Crippen molar-refractivity contribution in [1.82, 2.24) is 19.9 Å². The van der Waals surface area contributed by atoms with Crippen LogP contribution in [0.2, 0.25) is 0 Å². The van der Waals surface area contributed by atoms with Crippen LogP contribution in [0.25, 0.3) is 0 Å². The lowest BCUT2D eigenvalue weighted by atomic mass is 10.1. The number of carboxylic acids is 1. The number of benzene rings is 1. The smallest absolute Gasteiger partial charge is 0.416 e. The summed E-state index contributed by atoms with van der Waals surface area (Å²) in [6, 6.07) is 4.71. The van der Waals surface area contributed by atoms with Gasteiger partial charge in [0.1, 0.15) is 6.54 Å². The van der Waals surface area contributed by atoms with Crippen molar-refractivity contribution in [2.24, 2.45) is 0 Å². The van der Waals surface area contributed by atoms with Gasteiger partial charge < -0.3 is 10.0 Å². The minimum atomic E-state index is -4.40. The number of halogens is 3. The number of amides is 1. The van der Waals surface area contributed by atoms with E-state index in [0.717, 1.165) is 35.9 Å². The number of nitrogens with zero attached hydrogens (tertiary/aromatic N) is 4. The van der Waals surface area contributed by atoms with Gasteiger partial charge in [0, 0.05) is 12.6 Å². The van der Waals surface area contributed by atoms with E-state index in [1.54, 1.807) is 4.90 Å². The van der Waals surface area contributed by atoms with Gasteiger partial charge in [0.25, 0.3) is 0 Å². The molecule has 1 aliphatic carbocycles. The molecule has 0 saturated heterocycles. The Labute approximate surface area is 146 Å². The third kappa shape index (κ3) is 4.19. The second-order valence-electron chi connectivity index (χ2n) is 6.05. The minimum absolute atomic E-state index is 0.0345. The highest BCUT2D eigenvalue weighted by Crippen LogP contribution is 2.31. The molecule has 138 valence electrons. The molecule has 3 rings (SSSR count). The van der Waals surface area contributed by atoms with Gasteiger partial charge in [-0.25, -0.2) is 9.48 Å². The lowest BCUT2D eigenvalue weighted by Crippen LogP contribution is -2.35. The second-order valence-corrected chi connectivity index (χ2v) is 6.05. The molecule has 0 unspecified atom stereocenters. The van der Waals surface area contributed by atoms with Crippen LogP contribution in [-0.4, -0.2) is 42.9 Å². The lowest BCUT2D eigenvalue weighted by Gasteiger charge is -2.22. The number of carbonyl (C=O) groups excluding carboxylic acids is 1. The molecular weight excluding hydrogens is 353 g/mol. The van der Waals surface area contributed by atoms with E-state index in [1.807, 2.05) is 0 Å². The second kappa shape index (κ2) is 6.77. The highest BCUT2D eigenvalue weighted by atomic mass is 19.4. The Hall–Kier alpha value is -2.91. The maximum atomic E-state index is 12.6. The average Bonchev–Trinajstić information content (AvgIpc) is 3.30. The molecule has 2 aromatic rings. The van der Waals surface area contributed by atoms with Crippen molar-refractivity contribution in [3.8, 4) is 0 Å². The van der Waals surface area contributed by atoms with Crippen molar-refractivity contribution in [2.75, 3.05) is 0 Å². The maximum Gasteiger partial charge on any atom is 0.416 e. The molecular formula is C16H15F3N4O3. The zero-order valence-corrected chi connectivity index (χ0v) is 13.5. The Morgan fingerprint density at radius 3 is 2.38 bits per heavy atom. The Morgan fingerprint density at radius 2 is 1.88 bits per heavy atom. The van der Waals surface area contributed by atoms with Crippen molar-refractivity contribution in [3.05, 3.63) is 47.3 Å². The summed E-state index contributed by atoms with van der Waals surface area (Å²) >= 11 is 0. The van der Waals surface area contributed by atoms with Crippen LogP contribution < -0.4 is 0 Å². The zero-order chi connectivity index (χ0) is 18.9. The summed E-state index contributed by atoms with van der Waals surface area (Å²) in [5.74, 6) is -1.54. The van der Waals surface area contributed by atoms with Gasteiger partial charge in [-0.15, -0.1) is 5.10 Å². The van der Waals surface area contributed by atoms with Crippen LogP contribution in [0.4, 0.5) is 13.2 Å². The Morgan fingerprint density at radius 1 is 1.23 bits per heavy atom. The third-order valence-electron chi connectivity index (χ3n) is 4.00. The standard InChI is InChI=1S/C16H15F3N4O3/c17-16(18,19)11-3-1-10(2-4-11)7-23(12-5-6-12)14(24)9-22-8-13(15(25)26)20-21-22/h1-4,8,12H,5-7,9H2,(H,25,26). The predicted octanol–water partition coefficient (Wildman–Crippen LogP) is 2.19. The summed E-state index contributed by atoms with van der Waals surface area (Å²) in [6.45, 7) is -0.000460. The summed E-state index contributed by atoms with van der Waals surface area (Å²) in [5.41, 5.74) is -0.420. The van der Waals surface area contributed by atoms with Crippen molar-refractivity contribution in [2.45, 2.75) is 38.1 Å². The first kappa shape index (κ1) is 17.9. The first-order valence-corrected chi connectivity index (χ1v) is 7.83. The van der Waals surface area contributed by atoms with Crippen LogP contribution in [0.3, 0.4) is 0 Å². The fourth-order valence-electron chi connectivity index (χ4n) is 2.51. The summed E-state index contributed by atoms with van der Waals surface area (Å²) in [7, 11) is 0. The third-order valence-corrected chi connectivity index (χ3v) is 4.00. The van der Waals surface area contributed by atoms with Crippen molar-refractivity contribution in [1.29, 1.82) is 0 Å². The zero-order valence-electron chi connectivity index (χ0n) is 13.5. The number of carbonyl (C=O) groups is 2. The van der Waals surface area contributed by atoms with Gasteiger partial charge in [0.15, 0.2) is 5.69 Å². The number of rotatable bonds is 6. The SMILES string of the molecule is O=C(O)c1cn(CC(=O)N(Cc2ccc(C(F)(F)F)cc2)C2CC2)nn1.